The summed E-state index contributed by atoms with van der Waals surface area (Å²) < 4.78 is 5.40. The maximum absolute atomic E-state index is 5.40. The van der Waals surface area contributed by atoms with Crippen LogP contribution in [0.3, 0.4) is 0 Å². The molecule has 0 saturated heterocycles. The largest absolute Gasteiger partial charge is 0.456 e. The fourth-order valence-corrected chi connectivity index (χ4v) is 1.64. The molecule has 2 aromatic rings. The topological polar surface area (TPSA) is 9.23 Å². The van der Waals surface area contributed by atoms with Crippen molar-refractivity contribution >= 4 is 0 Å². The number of fused-ring (bicyclic) bond motifs is 2. The molecule has 0 saturated carbocycles. The fraction of sp³-hybridized carbons (Fsp3) is 0. The molecule has 1 aliphatic heterocycles. The minimum absolute atomic E-state index is 0.990. The van der Waals surface area contributed by atoms with E-state index in [2.05, 4.69) is 12.1 Å². The summed E-state index contributed by atoms with van der Waals surface area (Å²) in [5.74, 6) is 1.98. The highest BCUT2D eigenvalue weighted by Gasteiger charge is 2.21. The van der Waals surface area contributed by atoms with Crippen molar-refractivity contribution in [1.82, 2.24) is 0 Å². The van der Waals surface area contributed by atoms with Crippen LogP contribution in [-0.4, -0.2) is 0 Å². The van der Waals surface area contributed by atoms with Crippen molar-refractivity contribution in [3.63, 3.8) is 0 Å². The Balaban J connectivity index is 2.20. The van der Waals surface area contributed by atoms with Gasteiger partial charge in [-0.2, -0.15) is 0 Å². The Bertz CT molecular complexity index is 426. The molecule has 0 N–H and O–H groups in total. The second kappa shape index (κ2) is 2.36. The summed E-state index contributed by atoms with van der Waals surface area (Å²) in [6.45, 7) is 0. The van der Waals surface area contributed by atoms with Crippen molar-refractivity contribution < 1.29 is 4.74 Å². The van der Waals surface area contributed by atoms with Crippen LogP contribution in [0.25, 0.3) is 11.1 Å². The lowest BCUT2D eigenvalue weighted by atomic mass is 10.0. The average Bonchev–Trinajstić information content (AvgIpc) is 2.20. The minimum Gasteiger partial charge on any atom is -0.456 e. The van der Waals surface area contributed by atoms with Gasteiger partial charge in [-0.15, -0.1) is 0 Å². The smallest absolute Gasteiger partial charge is 0.139 e. The van der Waals surface area contributed by atoms with Gasteiger partial charge in [-0.1, -0.05) is 36.4 Å². The molecule has 1 aliphatic rings. The van der Waals surface area contributed by atoms with Gasteiger partial charge in [0.2, 0.25) is 0 Å². The molecule has 0 spiro atoms. The highest BCUT2D eigenvalue weighted by Crippen LogP contribution is 2.48. The Kier molecular flexibility index (Phi) is 1.22. The Labute approximate surface area is 76.6 Å². The highest BCUT2D eigenvalue weighted by atomic mass is 16.5. The van der Waals surface area contributed by atoms with Crippen LogP contribution in [0.1, 0.15) is 0 Å². The molecule has 62 valence electrons. The van der Waals surface area contributed by atoms with Crippen molar-refractivity contribution in [2.45, 2.75) is 0 Å². The van der Waals surface area contributed by atoms with Gasteiger partial charge in [0.05, 0.1) is 5.56 Å². The minimum atomic E-state index is 0.990. The third-order valence-corrected chi connectivity index (χ3v) is 2.27. The van der Waals surface area contributed by atoms with E-state index in [1.54, 1.807) is 0 Å². The van der Waals surface area contributed by atoms with Crippen LogP contribution in [0.2, 0.25) is 0 Å². The molecular formula is C12H8O. The zero-order chi connectivity index (χ0) is 8.67. The second-order valence-electron chi connectivity index (χ2n) is 3.10. The second-order valence-corrected chi connectivity index (χ2v) is 3.10. The van der Waals surface area contributed by atoms with Gasteiger partial charge in [0, 0.05) is 0 Å². The van der Waals surface area contributed by atoms with Gasteiger partial charge in [0.1, 0.15) is 11.5 Å². The first-order chi connectivity index (χ1) is 6.45. The number of ether oxygens (including phenoxy) is 1. The van der Waals surface area contributed by atoms with Crippen LogP contribution in [-0.2, 0) is 0 Å². The van der Waals surface area contributed by atoms with Crippen LogP contribution in [0, 0.1) is 0 Å². The molecule has 0 atom stereocenters. The van der Waals surface area contributed by atoms with Crippen molar-refractivity contribution in [1.29, 1.82) is 0 Å². The lowest BCUT2D eigenvalue weighted by Gasteiger charge is -2.23. The predicted molar refractivity (Wildman–Crippen MR) is 52.0 cm³/mol. The first-order valence-electron chi connectivity index (χ1n) is 4.31. The zero-order valence-electron chi connectivity index (χ0n) is 7.03. The molecule has 1 nitrogen and oxygen atoms in total. The van der Waals surface area contributed by atoms with Gasteiger partial charge < -0.3 is 4.74 Å². The molecule has 13 heavy (non-hydrogen) atoms. The van der Waals surface area contributed by atoms with E-state index in [9.17, 15) is 0 Å². The van der Waals surface area contributed by atoms with Crippen molar-refractivity contribution in [2.24, 2.45) is 0 Å². The third-order valence-electron chi connectivity index (χ3n) is 2.27. The molecule has 3 rings (SSSR count). The first-order valence-corrected chi connectivity index (χ1v) is 4.31. The monoisotopic (exact) mass is 168 g/mol. The fourth-order valence-electron chi connectivity index (χ4n) is 1.64. The van der Waals surface area contributed by atoms with Crippen molar-refractivity contribution in [3.8, 4) is 22.6 Å². The van der Waals surface area contributed by atoms with Crippen molar-refractivity contribution in [2.75, 3.05) is 0 Å². The lowest BCUT2D eigenvalue weighted by molar-refractivity contribution is 0.445. The molecule has 0 radical (unpaired) electrons. The van der Waals surface area contributed by atoms with E-state index >= 15 is 0 Å². The maximum atomic E-state index is 5.40. The number of rotatable bonds is 1. The normalized spacial score (nSPS) is 11.7. The maximum Gasteiger partial charge on any atom is 0.139 e. The highest BCUT2D eigenvalue weighted by molar-refractivity contribution is 5.82. The molecule has 2 aromatic carbocycles. The van der Waals surface area contributed by atoms with E-state index in [1.165, 1.54) is 11.1 Å². The predicted octanol–water partition coefficient (Wildman–Crippen LogP) is 3.46. The molecule has 0 aromatic heterocycles. The first kappa shape index (κ1) is 6.72. The van der Waals surface area contributed by atoms with E-state index in [0.29, 0.717) is 0 Å². The summed E-state index contributed by atoms with van der Waals surface area (Å²) in [4.78, 5) is 0. The van der Waals surface area contributed by atoms with E-state index in [0.717, 1.165) is 11.5 Å². The Morgan fingerprint density at radius 2 is 1.38 bits per heavy atom. The Hall–Kier alpha value is -1.76. The number of benzene rings is 2. The Morgan fingerprint density at radius 1 is 0.692 bits per heavy atom. The van der Waals surface area contributed by atoms with Gasteiger partial charge in [-0.3, -0.25) is 0 Å². The van der Waals surface area contributed by atoms with Gasteiger partial charge in [-0.25, -0.2) is 0 Å². The lowest BCUT2D eigenvalue weighted by Crippen LogP contribution is -1.99. The molecule has 0 unspecified atom stereocenters. The van der Waals surface area contributed by atoms with E-state index in [1.807, 2.05) is 36.4 Å². The summed E-state index contributed by atoms with van der Waals surface area (Å²) in [5, 5.41) is 0. The molecule has 2 bridgehead atoms. The molecule has 1 heterocycles. The van der Waals surface area contributed by atoms with Gasteiger partial charge in [0.15, 0.2) is 0 Å². The van der Waals surface area contributed by atoms with Crippen LogP contribution < -0.4 is 4.74 Å². The van der Waals surface area contributed by atoms with Crippen LogP contribution in [0.4, 0.5) is 0 Å². The summed E-state index contributed by atoms with van der Waals surface area (Å²) in [6.07, 6.45) is 0. The molecular weight excluding hydrogens is 160 g/mol. The van der Waals surface area contributed by atoms with Crippen molar-refractivity contribution in [3.05, 3.63) is 48.5 Å². The number of hydrogen-bond donors (Lipinski definition) is 0. The van der Waals surface area contributed by atoms with Crippen LogP contribution in [0.5, 0.6) is 11.5 Å². The summed E-state index contributed by atoms with van der Waals surface area (Å²) >= 11 is 0. The molecule has 0 fully saturated rings. The summed E-state index contributed by atoms with van der Waals surface area (Å²) in [6, 6.07) is 16.3. The third kappa shape index (κ3) is 0.872. The van der Waals surface area contributed by atoms with Crippen LogP contribution in [0.15, 0.2) is 48.5 Å². The standard InChI is InChI=1S/C12H8O/c1-2-5-9(6-3-1)12-10-7-4-8-11(12)13-10/h1-8H. The Morgan fingerprint density at radius 3 is 2.00 bits per heavy atom. The van der Waals surface area contributed by atoms with E-state index in [-0.39, 0.29) is 0 Å². The molecule has 1 heteroatoms. The van der Waals surface area contributed by atoms with Crippen LogP contribution >= 0.6 is 0 Å². The van der Waals surface area contributed by atoms with Gasteiger partial charge in [0.25, 0.3) is 0 Å². The summed E-state index contributed by atoms with van der Waals surface area (Å²) in [7, 11) is 0. The summed E-state index contributed by atoms with van der Waals surface area (Å²) in [5.41, 5.74) is 2.47. The average molecular weight is 168 g/mol. The molecule has 0 aliphatic carbocycles. The zero-order valence-corrected chi connectivity index (χ0v) is 7.03. The van der Waals surface area contributed by atoms with E-state index in [4.69, 9.17) is 4.74 Å². The molecule has 0 amide bonds. The van der Waals surface area contributed by atoms with Gasteiger partial charge in [-0.05, 0) is 17.7 Å². The SMILES string of the molecule is c1ccc(-c2c3cccc2O3)cc1. The quantitative estimate of drug-likeness (QED) is 0.540. The number of hydrogen-bond acceptors (Lipinski definition) is 1. The van der Waals surface area contributed by atoms with E-state index < -0.39 is 0 Å². The van der Waals surface area contributed by atoms with Gasteiger partial charge >= 0.3 is 0 Å².